The molecule has 0 spiro atoms. The number of alkyl halides is 3. The Bertz CT molecular complexity index is 741. The molecule has 1 amide bonds. The van der Waals surface area contributed by atoms with E-state index in [-0.39, 0.29) is 18.0 Å². The lowest BCUT2D eigenvalue weighted by atomic mass is 10.0. The number of hydrogen-bond acceptors (Lipinski definition) is 2. The van der Waals surface area contributed by atoms with Crippen LogP contribution in [0.5, 0.6) is 0 Å². The van der Waals surface area contributed by atoms with E-state index in [9.17, 15) is 22.8 Å². The topological polar surface area (TPSA) is 46.2 Å². The van der Waals surface area contributed by atoms with Crippen LogP contribution < -0.4 is 5.32 Å². The molecule has 0 fully saturated rings. The third-order valence-electron chi connectivity index (χ3n) is 3.54. The molecule has 1 N–H and O–H groups in total. The fourth-order valence-electron chi connectivity index (χ4n) is 2.32. The maximum absolute atomic E-state index is 12.7. The van der Waals surface area contributed by atoms with Crippen LogP contribution in [0.2, 0.25) is 0 Å². The van der Waals surface area contributed by atoms with E-state index in [4.69, 9.17) is 0 Å². The molecule has 0 aromatic heterocycles. The van der Waals surface area contributed by atoms with E-state index in [1.165, 1.54) is 12.1 Å². The first-order chi connectivity index (χ1) is 11.3. The second kappa shape index (κ2) is 7.29. The van der Waals surface area contributed by atoms with Crippen molar-refractivity contribution in [1.29, 1.82) is 0 Å². The number of aldehydes is 1. The van der Waals surface area contributed by atoms with Crippen LogP contribution >= 0.6 is 0 Å². The van der Waals surface area contributed by atoms with Crippen LogP contribution in [-0.4, -0.2) is 12.2 Å². The lowest BCUT2D eigenvalue weighted by Crippen LogP contribution is -2.28. The molecule has 1 unspecified atom stereocenters. The van der Waals surface area contributed by atoms with Crippen molar-refractivity contribution in [3.63, 3.8) is 0 Å². The summed E-state index contributed by atoms with van der Waals surface area (Å²) >= 11 is 0. The summed E-state index contributed by atoms with van der Waals surface area (Å²) in [5, 5.41) is 2.72. The summed E-state index contributed by atoms with van der Waals surface area (Å²) in [6, 6.07) is 11.1. The van der Waals surface area contributed by atoms with Gasteiger partial charge in [0.15, 0.2) is 0 Å². The highest BCUT2D eigenvalue weighted by Gasteiger charge is 2.30. The van der Waals surface area contributed by atoms with Crippen LogP contribution in [0.3, 0.4) is 0 Å². The van der Waals surface area contributed by atoms with Crippen LogP contribution in [0.1, 0.15) is 40.0 Å². The lowest BCUT2D eigenvalue weighted by molar-refractivity contribution is -0.137. The van der Waals surface area contributed by atoms with Crippen molar-refractivity contribution in [2.24, 2.45) is 0 Å². The molecule has 0 aliphatic rings. The SMILES string of the molecule is CC(NC(=O)Cc1cccc(C(F)(F)F)c1)c1cccc(C=O)c1. The van der Waals surface area contributed by atoms with Crippen molar-refractivity contribution in [2.45, 2.75) is 25.6 Å². The van der Waals surface area contributed by atoms with Gasteiger partial charge >= 0.3 is 6.18 Å². The largest absolute Gasteiger partial charge is 0.416 e. The zero-order valence-electron chi connectivity index (χ0n) is 12.9. The van der Waals surface area contributed by atoms with Gasteiger partial charge in [-0.25, -0.2) is 0 Å². The Morgan fingerprint density at radius 1 is 1.17 bits per heavy atom. The first-order valence-electron chi connectivity index (χ1n) is 7.30. The molecular weight excluding hydrogens is 319 g/mol. The van der Waals surface area contributed by atoms with Crippen LogP contribution in [0.15, 0.2) is 48.5 Å². The van der Waals surface area contributed by atoms with Crippen LogP contribution in [0.25, 0.3) is 0 Å². The molecule has 2 aromatic rings. The van der Waals surface area contributed by atoms with Crippen molar-refractivity contribution in [1.82, 2.24) is 5.32 Å². The molecule has 126 valence electrons. The predicted molar refractivity (Wildman–Crippen MR) is 83.5 cm³/mol. The van der Waals surface area contributed by atoms with Crippen molar-refractivity contribution in [3.8, 4) is 0 Å². The quantitative estimate of drug-likeness (QED) is 0.842. The Hall–Kier alpha value is -2.63. The minimum absolute atomic E-state index is 0.151. The summed E-state index contributed by atoms with van der Waals surface area (Å²) < 4.78 is 38.0. The van der Waals surface area contributed by atoms with Gasteiger partial charge in [-0.2, -0.15) is 13.2 Å². The average Bonchev–Trinajstić information content (AvgIpc) is 2.54. The fraction of sp³-hybridized carbons (Fsp3) is 0.222. The molecule has 2 aromatic carbocycles. The predicted octanol–water partition coefficient (Wildman–Crippen LogP) is 3.94. The summed E-state index contributed by atoms with van der Waals surface area (Å²) in [7, 11) is 0. The maximum atomic E-state index is 12.7. The average molecular weight is 335 g/mol. The van der Waals surface area contributed by atoms with E-state index in [1.54, 1.807) is 31.2 Å². The Labute approximate surface area is 137 Å². The van der Waals surface area contributed by atoms with Crippen LogP contribution in [0, 0.1) is 0 Å². The monoisotopic (exact) mass is 335 g/mol. The third-order valence-corrected chi connectivity index (χ3v) is 3.54. The highest BCUT2D eigenvalue weighted by atomic mass is 19.4. The van der Waals surface area contributed by atoms with Gasteiger partial charge in [0.25, 0.3) is 0 Å². The minimum atomic E-state index is -4.44. The summed E-state index contributed by atoms with van der Waals surface area (Å²) in [4.78, 5) is 22.8. The summed E-state index contributed by atoms with van der Waals surface area (Å²) in [6.07, 6.45) is -3.88. The van der Waals surface area contributed by atoms with Crippen molar-refractivity contribution in [3.05, 3.63) is 70.8 Å². The number of nitrogens with one attached hydrogen (secondary N) is 1. The summed E-state index contributed by atoms with van der Waals surface area (Å²) in [5.41, 5.74) is 0.749. The normalized spacial score (nSPS) is 12.5. The molecule has 1 atom stereocenters. The van der Waals surface area contributed by atoms with Crippen LogP contribution in [0.4, 0.5) is 13.2 Å². The number of carbonyl (C=O) groups excluding carboxylic acids is 2. The number of carbonyl (C=O) groups is 2. The highest BCUT2D eigenvalue weighted by Crippen LogP contribution is 2.29. The molecule has 0 bridgehead atoms. The van der Waals surface area contributed by atoms with E-state index in [0.717, 1.165) is 17.7 Å². The number of hydrogen-bond donors (Lipinski definition) is 1. The van der Waals surface area contributed by atoms with E-state index >= 15 is 0 Å². The van der Waals surface area contributed by atoms with E-state index in [2.05, 4.69) is 5.32 Å². The minimum Gasteiger partial charge on any atom is -0.349 e. The zero-order valence-corrected chi connectivity index (χ0v) is 12.9. The Morgan fingerprint density at radius 2 is 1.88 bits per heavy atom. The van der Waals surface area contributed by atoms with Gasteiger partial charge in [-0.15, -0.1) is 0 Å². The van der Waals surface area contributed by atoms with E-state index in [0.29, 0.717) is 11.8 Å². The van der Waals surface area contributed by atoms with Crippen molar-refractivity contribution in [2.75, 3.05) is 0 Å². The molecule has 0 radical (unpaired) electrons. The second-order valence-electron chi connectivity index (χ2n) is 5.45. The molecular formula is C18H16F3NO2. The van der Waals surface area contributed by atoms with Crippen molar-refractivity contribution < 1.29 is 22.8 Å². The van der Waals surface area contributed by atoms with Gasteiger partial charge in [0.05, 0.1) is 18.0 Å². The number of amides is 1. The van der Waals surface area contributed by atoms with Gasteiger partial charge in [-0.05, 0) is 30.2 Å². The molecule has 0 aliphatic heterocycles. The van der Waals surface area contributed by atoms with E-state index in [1.807, 2.05) is 0 Å². The number of halogens is 3. The second-order valence-corrected chi connectivity index (χ2v) is 5.45. The first-order valence-corrected chi connectivity index (χ1v) is 7.30. The van der Waals surface area contributed by atoms with Gasteiger partial charge in [0.2, 0.25) is 5.91 Å². The van der Waals surface area contributed by atoms with Gasteiger partial charge in [-0.1, -0.05) is 36.4 Å². The fourth-order valence-corrected chi connectivity index (χ4v) is 2.32. The summed E-state index contributed by atoms with van der Waals surface area (Å²) in [5.74, 6) is -0.390. The molecule has 6 heteroatoms. The third kappa shape index (κ3) is 4.68. The number of rotatable bonds is 5. The smallest absolute Gasteiger partial charge is 0.349 e. The molecule has 3 nitrogen and oxygen atoms in total. The van der Waals surface area contributed by atoms with E-state index < -0.39 is 17.6 Å². The molecule has 0 saturated heterocycles. The summed E-state index contributed by atoms with van der Waals surface area (Å²) in [6.45, 7) is 1.74. The standard InChI is InChI=1S/C18H16F3NO2/c1-12(15-6-2-5-14(8-15)11-23)22-17(24)10-13-4-3-7-16(9-13)18(19,20)21/h2-9,11-12H,10H2,1H3,(H,22,24). The molecule has 2 rings (SSSR count). The lowest BCUT2D eigenvalue weighted by Gasteiger charge is -2.15. The molecule has 24 heavy (non-hydrogen) atoms. The zero-order chi connectivity index (χ0) is 17.7. The van der Waals surface area contributed by atoms with Gasteiger partial charge in [-0.3, -0.25) is 9.59 Å². The molecule has 0 aliphatic carbocycles. The van der Waals surface area contributed by atoms with Crippen molar-refractivity contribution >= 4 is 12.2 Å². The highest BCUT2D eigenvalue weighted by molar-refractivity contribution is 5.79. The Morgan fingerprint density at radius 3 is 2.54 bits per heavy atom. The Balaban J connectivity index is 2.04. The van der Waals surface area contributed by atoms with Gasteiger partial charge in [0, 0.05) is 5.56 Å². The van der Waals surface area contributed by atoms with Gasteiger partial charge in [0.1, 0.15) is 6.29 Å². The molecule has 0 heterocycles. The first kappa shape index (κ1) is 17.7. The number of benzene rings is 2. The Kier molecular flexibility index (Phi) is 5.39. The molecule has 0 saturated carbocycles. The van der Waals surface area contributed by atoms with Crippen LogP contribution in [-0.2, 0) is 17.4 Å². The van der Waals surface area contributed by atoms with Gasteiger partial charge < -0.3 is 5.32 Å². The maximum Gasteiger partial charge on any atom is 0.416 e.